The molecule has 0 aliphatic carbocycles. The highest BCUT2D eigenvalue weighted by Gasteiger charge is 2.21. The molecular formula is C25H19F2N9O. The molecule has 0 bridgehead atoms. The Morgan fingerprint density at radius 1 is 1.08 bits per heavy atom. The lowest BCUT2D eigenvalue weighted by Gasteiger charge is -2.10. The van der Waals surface area contributed by atoms with E-state index in [4.69, 9.17) is 5.73 Å². The van der Waals surface area contributed by atoms with Crippen molar-refractivity contribution in [2.24, 2.45) is 0 Å². The van der Waals surface area contributed by atoms with Crippen LogP contribution in [-0.4, -0.2) is 35.7 Å². The lowest BCUT2D eigenvalue weighted by Crippen LogP contribution is -2.10. The molecule has 5 aromatic rings. The minimum absolute atomic E-state index is 0.157. The molecule has 4 N–H and O–H groups in total. The summed E-state index contributed by atoms with van der Waals surface area (Å²) in [4.78, 5) is 24.0. The fourth-order valence-corrected chi connectivity index (χ4v) is 3.71. The van der Waals surface area contributed by atoms with E-state index in [2.05, 4.69) is 42.4 Å². The van der Waals surface area contributed by atoms with Gasteiger partial charge in [0.2, 0.25) is 5.95 Å². The number of nitrogens with one attached hydrogen (secondary N) is 2. The molecule has 0 aliphatic rings. The van der Waals surface area contributed by atoms with Crippen molar-refractivity contribution in [1.82, 2.24) is 29.8 Å². The van der Waals surface area contributed by atoms with E-state index >= 15 is 4.39 Å². The largest absolute Gasteiger partial charge is 0.382 e. The van der Waals surface area contributed by atoms with Crippen molar-refractivity contribution in [3.63, 3.8) is 0 Å². The van der Waals surface area contributed by atoms with Gasteiger partial charge in [-0.25, -0.2) is 23.7 Å². The van der Waals surface area contributed by atoms with Gasteiger partial charge >= 0.3 is 0 Å². The van der Waals surface area contributed by atoms with Gasteiger partial charge in [0, 0.05) is 28.7 Å². The Hall–Kier alpha value is -5.26. The highest BCUT2D eigenvalue weighted by atomic mass is 19.1. The maximum Gasteiger partial charge on any atom is 0.283 e. The summed E-state index contributed by atoms with van der Waals surface area (Å²) in [7, 11) is 0. The molecule has 0 radical (unpaired) electrons. The third-order valence-electron chi connectivity index (χ3n) is 5.43. The van der Waals surface area contributed by atoms with E-state index in [0.29, 0.717) is 33.6 Å². The fraction of sp³-hybridized carbons (Fsp3) is 0.0400. The Morgan fingerprint density at radius 3 is 2.54 bits per heavy atom. The second-order valence-electron chi connectivity index (χ2n) is 7.98. The Labute approximate surface area is 208 Å². The second kappa shape index (κ2) is 9.41. The van der Waals surface area contributed by atoms with E-state index in [1.54, 1.807) is 48.7 Å². The van der Waals surface area contributed by atoms with Crippen molar-refractivity contribution in [2.75, 3.05) is 16.4 Å². The van der Waals surface area contributed by atoms with Crippen LogP contribution in [0.25, 0.3) is 27.9 Å². The number of fused-ring (bicyclic) bond motifs is 1. The molecule has 0 aliphatic heterocycles. The molecule has 37 heavy (non-hydrogen) atoms. The van der Waals surface area contributed by atoms with E-state index in [9.17, 15) is 9.18 Å². The maximum absolute atomic E-state index is 15.2. The standard InChI is InChI=1S/C25H19F2N9O/c1-13-9-10-29-25(32-13)34-19-8-5-16(11-18(19)27)20-21(35-36-22(20)23(28)30-12-31-36)15-3-6-17(7-4-15)33-24(37)14(2)26/h3-12H,2H2,1H3,(H,33,37)(H2,28,30,31)(H,29,32,34). The van der Waals surface area contributed by atoms with Gasteiger partial charge in [-0.05, 0) is 42.8 Å². The summed E-state index contributed by atoms with van der Waals surface area (Å²) >= 11 is 0. The zero-order valence-electron chi connectivity index (χ0n) is 19.4. The molecule has 0 fully saturated rings. The van der Waals surface area contributed by atoms with Crippen LogP contribution in [0.1, 0.15) is 5.69 Å². The highest BCUT2D eigenvalue weighted by molar-refractivity contribution is 6.02. The topological polar surface area (TPSA) is 136 Å². The van der Waals surface area contributed by atoms with Crippen molar-refractivity contribution in [3.05, 3.63) is 85.0 Å². The summed E-state index contributed by atoms with van der Waals surface area (Å²) in [6.45, 7) is 4.79. The summed E-state index contributed by atoms with van der Waals surface area (Å²) in [6, 6.07) is 12.8. The van der Waals surface area contributed by atoms with Crippen molar-refractivity contribution in [2.45, 2.75) is 6.92 Å². The number of hydrogen-bond acceptors (Lipinski definition) is 8. The molecule has 0 spiro atoms. The van der Waals surface area contributed by atoms with Gasteiger partial charge in [0.15, 0.2) is 11.6 Å². The monoisotopic (exact) mass is 499 g/mol. The van der Waals surface area contributed by atoms with Crippen molar-refractivity contribution in [3.8, 4) is 22.4 Å². The van der Waals surface area contributed by atoms with E-state index < -0.39 is 17.6 Å². The van der Waals surface area contributed by atoms with Crippen LogP contribution in [0.15, 0.2) is 73.5 Å². The van der Waals surface area contributed by atoms with Crippen LogP contribution in [0.5, 0.6) is 0 Å². The van der Waals surface area contributed by atoms with Gasteiger partial charge in [0.25, 0.3) is 5.91 Å². The van der Waals surface area contributed by atoms with Gasteiger partial charge in [-0.15, -0.1) is 14.8 Å². The number of nitrogens with two attached hydrogens (primary N) is 1. The van der Waals surface area contributed by atoms with Crippen LogP contribution in [0, 0.1) is 12.7 Å². The van der Waals surface area contributed by atoms with Crippen LogP contribution in [0.2, 0.25) is 0 Å². The van der Waals surface area contributed by atoms with E-state index in [0.717, 1.165) is 5.69 Å². The number of halogens is 2. The number of hydrogen-bond donors (Lipinski definition) is 3. The first-order chi connectivity index (χ1) is 17.8. The lowest BCUT2D eigenvalue weighted by atomic mass is 9.99. The molecule has 0 saturated carbocycles. The number of aryl methyl sites for hydroxylation is 1. The molecule has 0 unspecified atom stereocenters. The van der Waals surface area contributed by atoms with Gasteiger partial charge in [-0.1, -0.05) is 24.8 Å². The molecule has 5 rings (SSSR count). The van der Waals surface area contributed by atoms with Crippen LogP contribution < -0.4 is 16.4 Å². The number of carbonyl (C=O) groups is 1. The number of nitrogens with zero attached hydrogens (tertiary/aromatic N) is 6. The molecule has 3 aromatic heterocycles. The molecule has 184 valence electrons. The third-order valence-corrected chi connectivity index (χ3v) is 5.43. The van der Waals surface area contributed by atoms with Crippen molar-refractivity contribution >= 4 is 34.6 Å². The number of benzene rings is 2. The van der Waals surface area contributed by atoms with Gasteiger partial charge in [-0.2, -0.15) is 0 Å². The smallest absolute Gasteiger partial charge is 0.283 e. The zero-order chi connectivity index (χ0) is 26.1. The first-order valence-corrected chi connectivity index (χ1v) is 10.9. The number of anilines is 4. The van der Waals surface area contributed by atoms with Crippen LogP contribution in [-0.2, 0) is 4.79 Å². The average Bonchev–Trinajstić information content (AvgIpc) is 3.27. The molecule has 10 nitrogen and oxygen atoms in total. The highest BCUT2D eigenvalue weighted by Crippen LogP contribution is 2.38. The van der Waals surface area contributed by atoms with Gasteiger partial charge in [-0.3, -0.25) is 4.79 Å². The van der Waals surface area contributed by atoms with Crippen molar-refractivity contribution in [1.29, 1.82) is 0 Å². The minimum atomic E-state index is -1.10. The molecule has 1 amide bonds. The fourth-order valence-electron chi connectivity index (χ4n) is 3.71. The van der Waals surface area contributed by atoms with Gasteiger partial charge in [0.05, 0.1) is 5.69 Å². The maximum atomic E-state index is 15.2. The van der Waals surface area contributed by atoms with Crippen LogP contribution >= 0.6 is 0 Å². The summed E-state index contributed by atoms with van der Waals surface area (Å²) in [5.74, 6) is -2.17. The van der Waals surface area contributed by atoms with E-state index in [1.165, 1.54) is 17.0 Å². The number of carbonyl (C=O) groups excluding carboxylic acids is 1. The second-order valence-corrected chi connectivity index (χ2v) is 7.98. The van der Waals surface area contributed by atoms with E-state index in [-0.39, 0.29) is 17.5 Å². The first-order valence-electron chi connectivity index (χ1n) is 10.9. The minimum Gasteiger partial charge on any atom is -0.382 e. The summed E-state index contributed by atoms with van der Waals surface area (Å²) in [6.07, 6.45) is 2.84. The van der Waals surface area contributed by atoms with Crippen LogP contribution in [0.4, 0.5) is 31.9 Å². The predicted octanol–water partition coefficient (Wildman–Crippen LogP) is 4.44. The molecule has 12 heteroatoms. The normalized spacial score (nSPS) is 10.9. The summed E-state index contributed by atoms with van der Waals surface area (Å²) in [5, 5.41) is 13.9. The Balaban J connectivity index is 1.57. The molecular weight excluding hydrogens is 480 g/mol. The van der Waals surface area contributed by atoms with Crippen LogP contribution in [0.3, 0.4) is 0 Å². The molecule has 0 saturated heterocycles. The van der Waals surface area contributed by atoms with E-state index in [1.807, 2.05) is 6.92 Å². The molecule has 3 heterocycles. The SMILES string of the molecule is C=C(F)C(=O)Nc1ccc(-c2nn3ncnc(N)c3c2-c2ccc(Nc3nccc(C)n3)c(F)c2)cc1. The quantitative estimate of drug-likeness (QED) is 0.292. The number of rotatable bonds is 6. The molecule has 2 aromatic carbocycles. The molecule has 0 atom stereocenters. The Bertz CT molecular complexity index is 1670. The average molecular weight is 499 g/mol. The number of aromatic nitrogens is 6. The Kier molecular flexibility index (Phi) is 5.97. The summed E-state index contributed by atoms with van der Waals surface area (Å²) in [5.41, 5.74) is 9.87. The summed E-state index contributed by atoms with van der Waals surface area (Å²) < 4.78 is 29.6. The zero-order valence-corrected chi connectivity index (χ0v) is 19.4. The third kappa shape index (κ3) is 4.67. The van der Waals surface area contributed by atoms with Crippen molar-refractivity contribution < 1.29 is 13.6 Å². The number of nitrogen functional groups attached to an aromatic ring is 1. The number of amides is 1. The van der Waals surface area contributed by atoms with Gasteiger partial charge in [0.1, 0.15) is 23.4 Å². The predicted molar refractivity (Wildman–Crippen MR) is 135 cm³/mol. The Morgan fingerprint density at radius 2 is 1.84 bits per heavy atom. The lowest BCUT2D eigenvalue weighted by molar-refractivity contribution is -0.114. The van der Waals surface area contributed by atoms with Gasteiger partial charge < -0.3 is 16.4 Å². The first kappa shape index (κ1) is 23.5.